The second kappa shape index (κ2) is 13.1. The second-order valence-corrected chi connectivity index (χ2v) is 18.2. The minimum absolute atomic E-state index is 0.521. The Balaban J connectivity index is 1.10. The van der Waals surface area contributed by atoms with Gasteiger partial charge in [0.05, 0.1) is 11.1 Å². The van der Waals surface area contributed by atoms with Crippen molar-refractivity contribution in [3.8, 4) is 33.4 Å². The summed E-state index contributed by atoms with van der Waals surface area (Å²) in [5.74, 6) is 0. The number of hydrogen-bond donors (Lipinski definition) is 0. The largest absolute Gasteiger partial charge is 0.310 e. The molecular weight excluding hydrogens is 779 g/mol. The van der Waals surface area contributed by atoms with E-state index in [1.165, 1.54) is 114 Å². The molecule has 11 aromatic carbocycles. The van der Waals surface area contributed by atoms with E-state index in [1.807, 2.05) is 11.3 Å². The minimum atomic E-state index is -0.521. The Hall–Kier alpha value is -7.78. The number of nitrogens with zero attached hydrogens (tertiary/aromatic N) is 1. The summed E-state index contributed by atoms with van der Waals surface area (Å²) in [5.41, 5.74) is 15.9. The van der Waals surface area contributed by atoms with E-state index in [0.717, 1.165) is 11.4 Å². The third-order valence-corrected chi connectivity index (χ3v) is 15.2. The summed E-state index contributed by atoms with van der Waals surface area (Å²) < 4.78 is 2.62. The molecule has 2 heteroatoms. The summed E-state index contributed by atoms with van der Waals surface area (Å²) in [7, 11) is 0. The van der Waals surface area contributed by atoms with E-state index in [4.69, 9.17) is 0 Å². The molecule has 0 radical (unpaired) electrons. The van der Waals surface area contributed by atoms with Crippen molar-refractivity contribution in [2.24, 2.45) is 0 Å². The molecule has 0 atom stereocenters. The first kappa shape index (κ1) is 34.9. The fraction of sp³-hybridized carbons (Fsp3) is 0.0164. The van der Waals surface area contributed by atoms with Crippen molar-refractivity contribution in [1.29, 1.82) is 0 Å². The van der Waals surface area contributed by atoms with Crippen LogP contribution in [0.3, 0.4) is 0 Å². The first-order valence-electron chi connectivity index (χ1n) is 21.8. The molecule has 1 aromatic heterocycles. The number of benzene rings is 11. The molecule has 0 N–H and O–H groups in total. The lowest BCUT2D eigenvalue weighted by molar-refractivity contribution is 0.793. The Morgan fingerprint density at radius 2 is 0.794 bits per heavy atom. The van der Waals surface area contributed by atoms with Gasteiger partial charge in [-0.3, -0.25) is 0 Å². The monoisotopic (exact) mass is 815 g/mol. The second-order valence-electron chi connectivity index (χ2n) is 17.1. The number of fused-ring (bicyclic) bond motifs is 19. The van der Waals surface area contributed by atoms with Crippen LogP contribution in [-0.2, 0) is 5.41 Å². The topological polar surface area (TPSA) is 3.24 Å². The molecule has 2 aliphatic rings. The van der Waals surface area contributed by atoms with Crippen molar-refractivity contribution >= 4 is 80.9 Å². The van der Waals surface area contributed by atoms with Crippen LogP contribution < -0.4 is 4.90 Å². The van der Waals surface area contributed by atoms with E-state index in [0.29, 0.717) is 0 Å². The van der Waals surface area contributed by atoms with Crippen LogP contribution in [-0.4, -0.2) is 0 Å². The lowest BCUT2D eigenvalue weighted by Crippen LogP contribution is -2.28. The normalized spacial score (nSPS) is 13.2. The van der Waals surface area contributed by atoms with Gasteiger partial charge in [0.15, 0.2) is 0 Å². The predicted octanol–water partition coefficient (Wildman–Crippen LogP) is 17.0. The molecule has 0 saturated carbocycles. The summed E-state index contributed by atoms with van der Waals surface area (Å²) in [6.45, 7) is 0. The summed E-state index contributed by atoms with van der Waals surface area (Å²) >= 11 is 1.87. The van der Waals surface area contributed by atoms with E-state index >= 15 is 0 Å². The Morgan fingerprint density at radius 1 is 0.317 bits per heavy atom. The fourth-order valence-electron chi connectivity index (χ4n) is 11.6. The zero-order chi connectivity index (χ0) is 41.2. The molecule has 12 aromatic rings. The third kappa shape index (κ3) is 4.71. The van der Waals surface area contributed by atoms with Crippen molar-refractivity contribution in [3.63, 3.8) is 0 Å². The number of rotatable bonds is 4. The number of anilines is 3. The maximum atomic E-state index is 2.56. The Morgan fingerprint density at radius 3 is 1.48 bits per heavy atom. The molecule has 1 spiro atoms. The molecule has 0 bridgehead atoms. The lowest BCUT2D eigenvalue weighted by atomic mass is 9.70. The highest BCUT2D eigenvalue weighted by atomic mass is 32.1. The Labute approximate surface area is 369 Å². The van der Waals surface area contributed by atoms with Crippen molar-refractivity contribution in [1.82, 2.24) is 0 Å². The van der Waals surface area contributed by atoms with Gasteiger partial charge >= 0.3 is 0 Å². The zero-order valence-corrected chi connectivity index (χ0v) is 35.0. The summed E-state index contributed by atoms with van der Waals surface area (Å²) in [6, 6.07) is 84.2. The summed E-state index contributed by atoms with van der Waals surface area (Å²) in [4.78, 5) is 2.56. The number of hydrogen-bond acceptors (Lipinski definition) is 2. The van der Waals surface area contributed by atoms with Gasteiger partial charge in [-0.15, -0.1) is 11.3 Å². The van der Waals surface area contributed by atoms with Gasteiger partial charge in [0.25, 0.3) is 0 Å². The van der Waals surface area contributed by atoms with Crippen LogP contribution in [0, 0.1) is 0 Å². The van der Waals surface area contributed by atoms with Crippen molar-refractivity contribution in [3.05, 3.63) is 247 Å². The van der Waals surface area contributed by atoms with Gasteiger partial charge in [0.1, 0.15) is 0 Å². The van der Waals surface area contributed by atoms with E-state index in [9.17, 15) is 0 Å². The molecule has 0 fully saturated rings. The first-order chi connectivity index (χ1) is 31.3. The molecule has 0 saturated heterocycles. The van der Waals surface area contributed by atoms with Crippen LogP contribution in [0.15, 0.2) is 224 Å². The zero-order valence-electron chi connectivity index (χ0n) is 34.2. The molecule has 2 aliphatic carbocycles. The van der Waals surface area contributed by atoms with Crippen LogP contribution in [0.5, 0.6) is 0 Å². The van der Waals surface area contributed by atoms with Crippen LogP contribution >= 0.6 is 11.3 Å². The highest BCUT2D eigenvalue weighted by Gasteiger charge is 2.53. The predicted molar refractivity (Wildman–Crippen MR) is 268 cm³/mol. The molecule has 0 aliphatic heterocycles. The molecule has 14 rings (SSSR count). The summed E-state index contributed by atoms with van der Waals surface area (Å²) in [5, 5.41) is 10.2. The quantitative estimate of drug-likeness (QED) is 0.160. The van der Waals surface area contributed by atoms with Crippen LogP contribution in [0.25, 0.3) is 85.9 Å². The third-order valence-electron chi connectivity index (χ3n) is 14.0. The van der Waals surface area contributed by atoms with Gasteiger partial charge in [0.2, 0.25) is 0 Å². The lowest BCUT2D eigenvalue weighted by Gasteiger charge is -2.36. The van der Waals surface area contributed by atoms with Gasteiger partial charge < -0.3 is 4.90 Å². The average molecular weight is 816 g/mol. The average Bonchev–Trinajstić information content (AvgIpc) is 3.99. The maximum Gasteiger partial charge on any atom is 0.0746 e. The van der Waals surface area contributed by atoms with E-state index in [1.54, 1.807) is 0 Å². The highest BCUT2D eigenvalue weighted by molar-refractivity contribution is 7.25. The van der Waals surface area contributed by atoms with Gasteiger partial charge in [-0.1, -0.05) is 182 Å². The molecule has 0 unspecified atom stereocenters. The Kier molecular flexibility index (Phi) is 7.26. The van der Waals surface area contributed by atoms with E-state index < -0.39 is 5.41 Å². The van der Waals surface area contributed by atoms with Crippen LogP contribution in [0.2, 0.25) is 0 Å². The summed E-state index contributed by atoms with van der Waals surface area (Å²) in [6.07, 6.45) is 0. The SMILES string of the molecule is c1cc(-c2cccc3sc4ccccc4c23)cc(N(c2ccc3c4ccccc4c4ccccc4c3c2)c2cccc3c2C2(c4ccccc4-c4ccccc42)c2ccccc2-3)c1. The maximum absolute atomic E-state index is 2.56. The van der Waals surface area contributed by atoms with Crippen molar-refractivity contribution < 1.29 is 0 Å². The minimum Gasteiger partial charge on any atom is -0.310 e. The Bertz CT molecular complexity index is 3790. The molecule has 0 amide bonds. The van der Waals surface area contributed by atoms with Gasteiger partial charge in [-0.05, 0) is 125 Å². The first-order valence-corrected chi connectivity index (χ1v) is 22.7. The van der Waals surface area contributed by atoms with Crippen LogP contribution in [0.1, 0.15) is 22.3 Å². The highest BCUT2D eigenvalue weighted by Crippen LogP contribution is 2.65. The molecular formula is C61H37NS. The van der Waals surface area contributed by atoms with E-state index in [2.05, 4.69) is 229 Å². The molecule has 63 heavy (non-hydrogen) atoms. The molecule has 1 heterocycles. The van der Waals surface area contributed by atoms with Crippen molar-refractivity contribution in [2.45, 2.75) is 5.41 Å². The van der Waals surface area contributed by atoms with Gasteiger partial charge in [-0.25, -0.2) is 0 Å². The van der Waals surface area contributed by atoms with Crippen LogP contribution in [0.4, 0.5) is 17.1 Å². The van der Waals surface area contributed by atoms with Gasteiger partial charge in [-0.2, -0.15) is 0 Å². The fourth-order valence-corrected chi connectivity index (χ4v) is 12.7. The molecule has 1 nitrogen and oxygen atoms in total. The standard InChI is InChI=1S/C61H37NS/c1-2-20-44-42(18-1)43-19-3-4-21-45(43)52-37-40(34-35-46(44)52)62(39-17-13-16-38(36-39)41-26-15-33-58-59(41)51-25-8-12-32-57(51)63-58)56-31-14-27-50-49-24-7-11-30-55(49)61(60(50)56)53-28-9-5-22-47(53)48-23-6-10-29-54(48)61/h1-37H. The van der Waals surface area contributed by atoms with E-state index in [-0.39, 0.29) is 0 Å². The van der Waals surface area contributed by atoms with Gasteiger partial charge in [0, 0.05) is 37.1 Å². The number of thiophene rings is 1. The molecule has 292 valence electrons. The smallest absolute Gasteiger partial charge is 0.0746 e. The van der Waals surface area contributed by atoms with Crippen molar-refractivity contribution in [2.75, 3.05) is 4.90 Å².